The summed E-state index contributed by atoms with van der Waals surface area (Å²) in [6.07, 6.45) is 3.47. The Morgan fingerprint density at radius 2 is 1.67 bits per heavy atom. The second-order valence-electron chi connectivity index (χ2n) is 8.23. The van der Waals surface area contributed by atoms with Crippen LogP contribution in [0, 0.1) is 11.6 Å². The molecule has 0 spiro atoms. The Bertz CT molecular complexity index is 1500. The van der Waals surface area contributed by atoms with E-state index >= 15 is 0 Å². The molecule has 0 aliphatic rings. The Kier molecular flexibility index (Phi) is 7.04. The number of pyridine rings is 1. The van der Waals surface area contributed by atoms with Crippen molar-refractivity contribution >= 4 is 28.7 Å². The molecule has 0 radical (unpaired) electrons. The molecular formula is C28H22F2N4OS. The van der Waals surface area contributed by atoms with E-state index in [-0.39, 0.29) is 17.5 Å². The molecular weight excluding hydrogens is 478 g/mol. The number of imidazole rings is 1. The van der Waals surface area contributed by atoms with Gasteiger partial charge < -0.3 is 9.88 Å². The third-order valence-electron chi connectivity index (χ3n) is 5.75. The van der Waals surface area contributed by atoms with Gasteiger partial charge in [0.15, 0.2) is 5.16 Å². The van der Waals surface area contributed by atoms with Crippen LogP contribution in [0.1, 0.15) is 27.0 Å². The Morgan fingerprint density at radius 3 is 2.44 bits per heavy atom. The molecule has 0 bridgehead atoms. The normalized spacial score (nSPS) is 11.1. The summed E-state index contributed by atoms with van der Waals surface area (Å²) in [5.41, 5.74) is 4.67. The fourth-order valence-corrected chi connectivity index (χ4v) is 4.80. The zero-order chi connectivity index (χ0) is 24.9. The van der Waals surface area contributed by atoms with Crippen LogP contribution < -0.4 is 5.32 Å². The summed E-state index contributed by atoms with van der Waals surface area (Å²) >= 11 is 1.47. The van der Waals surface area contributed by atoms with Crippen molar-refractivity contribution in [3.63, 3.8) is 0 Å². The number of carbonyl (C=O) groups excluding carboxylic acids is 1. The fourth-order valence-electron chi connectivity index (χ4n) is 3.80. The van der Waals surface area contributed by atoms with Crippen LogP contribution in [0.4, 0.5) is 8.78 Å². The topological polar surface area (TPSA) is 59.8 Å². The lowest BCUT2D eigenvalue weighted by molar-refractivity contribution is 0.0951. The van der Waals surface area contributed by atoms with Crippen molar-refractivity contribution in [1.82, 2.24) is 19.9 Å². The third kappa shape index (κ3) is 5.44. The number of aromatic nitrogens is 3. The molecule has 3 aromatic carbocycles. The molecule has 36 heavy (non-hydrogen) atoms. The highest BCUT2D eigenvalue weighted by Gasteiger charge is 2.14. The molecule has 5 aromatic rings. The van der Waals surface area contributed by atoms with Crippen molar-refractivity contribution < 1.29 is 13.6 Å². The van der Waals surface area contributed by atoms with Crippen LogP contribution >= 0.6 is 11.8 Å². The van der Waals surface area contributed by atoms with E-state index in [9.17, 15) is 13.6 Å². The molecule has 2 aromatic heterocycles. The van der Waals surface area contributed by atoms with Gasteiger partial charge in [-0.05, 0) is 53.1 Å². The molecule has 0 fully saturated rings. The van der Waals surface area contributed by atoms with Crippen molar-refractivity contribution in [1.29, 1.82) is 0 Å². The lowest BCUT2D eigenvalue weighted by atomic mass is 10.1. The maximum Gasteiger partial charge on any atom is 0.251 e. The molecule has 180 valence electrons. The van der Waals surface area contributed by atoms with Gasteiger partial charge in [0, 0.05) is 24.1 Å². The fraction of sp³-hybridized carbons (Fsp3) is 0.107. The summed E-state index contributed by atoms with van der Waals surface area (Å²) in [6, 6.07) is 22.0. The number of halogens is 2. The standard InChI is InChI=1S/C28H22F2N4OS/c29-23-11-7-19(8-12-23)15-32-27(35)21-9-5-20(6-10-21)17-34-26-16-31-14-13-25(26)33-28(34)36-18-22-3-1-2-4-24(22)30/h1-14,16H,15,17-18H2,(H,32,35). The zero-order valence-electron chi connectivity index (χ0n) is 19.2. The minimum atomic E-state index is -0.309. The van der Waals surface area contributed by atoms with E-state index in [1.54, 1.807) is 48.8 Å². The SMILES string of the molecule is O=C(NCc1ccc(F)cc1)c1ccc(Cn2c(SCc3ccccc3F)nc3ccncc32)cc1. The van der Waals surface area contributed by atoms with Crippen molar-refractivity contribution in [3.05, 3.63) is 125 Å². The minimum Gasteiger partial charge on any atom is -0.348 e. The van der Waals surface area contributed by atoms with E-state index in [2.05, 4.69) is 14.9 Å². The number of hydrogen-bond acceptors (Lipinski definition) is 4. The monoisotopic (exact) mass is 500 g/mol. The van der Waals surface area contributed by atoms with Crippen LogP contribution in [0.5, 0.6) is 0 Å². The maximum absolute atomic E-state index is 14.1. The van der Waals surface area contributed by atoms with Gasteiger partial charge in [-0.2, -0.15) is 0 Å². The van der Waals surface area contributed by atoms with Gasteiger partial charge in [-0.15, -0.1) is 0 Å². The second kappa shape index (κ2) is 10.7. The molecule has 5 nitrogen and oxygen atoms in total. The van der Waals surface area contributed by atoms with E-state index in [0.29, 0.717) is 30.0 Å². The minimum absolute atomic E-state index is 0.204. The van der Waals surface area contributed by atoms with Gasteiger partial charge in [0.1, 0.15) is 11.6 Å². The van der Waals surface area contributed by atoms with Gasteiger partial charge in [-0.1, -0.05) is 54.2 Å². The lowest BCUT2D eigenvalue weighted by Crippen LogP contribution is -2.22. The first-order valence-electron chi connectivity index (χ1n) is 11.3. The smallest absolute Gasteiger partial charge is 0.251 e. The van der Waals surface area contributed by atoms with Gasteiger partial charge in [-0.25, -0.2) is 13.8 Å². The Labute approximate surface area is 211 Å². The predicted molar refractivity (Wildman–Crippen MR) is 137 cm³/mol. The van der Waals surface area contributed by atoms with Gasteiger partial charge in [0.2, 0.25) is 0 Å². The molecule has 0 saturated heterocycles. The van der Waals surface area contributed by atoms with Gasteiger partial charge in [-0.3, -0.25) is 9.78 Å². The van der Waals surface area contributed by atoms with E-state index < -0.39 is 0 Å². The van der Waals surface area contributed by atoms with E-state index in [1.165, 1.54) is 30.0 Å². The van der Waals surface area contributed by atoms with Gasteiger partial charge in [0.25, 0.3) is 5.91 Å². The molecule has 0 saturated carbocycles. The highest BCUT2D eigenvalue weighted by molar-refractivity contribution is 7.98. The summed E-state index contributed by atoms with van der Waals surface area (Å²) in [5, 5.41) is 3.62. The highest BCUT2D eigenvalue weighted by Crippen LogP contribution is 2.28. The number of carbonyl (C=O) groups is 1. The van der Waals surface area contributed by atoms with Crippen molar-refractivity contribution in [3.8, 4) is 0 Å². The molecule has 1 amide bonds. The number of thioether (sulfide) groups is 1. The first kappa shape index (κ1) is 23.7. The number of nitrogens with zero attached hydrogens (tertiary/aromatic N) is 3. The first-order valence-corrected chi connectivity index (χ1v) is 12.3. The predicted octanol–water partition coefficient (Wildman–Crippen LogP) is 5.98. The molecule has 8 heteroatoms. The number of fused-ring (bicyclic) bond motifs is 1. The summed E-state index contributed by atoms with van der Waals surface area (Å²) in [4.78, 5) is 21.5. The number of benzene rings is 3. The van der Waals surface area contributed by atoms with Crippen LogP contribution in [0.15, 0.2) is 96.4 Å². The number of amides is 1. The highest BCUT2D eigenvalue weighted by atomic mass is 32.2. The molecule has 2 heterocycles. The zero-order valence-corrected chi connectivity index (χ0v) is 20.0. The number of nitrogens with one attached hydrogen (secondary N) is 1. The van der Waals surface area contributed by atoms with Crippen molar-refractivity contribution in [2.24, 2.45) is 0 Å². The van der Waals surface area contributed by atoms with Crippen LogP contribution in [-0.4, -0.2) is 20.4 Å². The second-order valence-corrected chi connectivity index (χ2v) is 9.17. The molecule has 1 N–H and O–H groups in total. The van der Waals surface area contributed by atoms with E-state index in [1.807, 2.05) is 24.3 Å². The summed E-state index contributed by atoms with van der Waals surface area (Å²) in [7, 11) is 0. The Hall–Kier alpha value is -4.04. The molecule has 0 atom stereocenters. The van der Waals surface area contributed by atoms with Crippen LogP contribution in [0.2, 0.25) is 0 Å². The van der Waals surface area contributed by atoms with Crippen molar-refractivity contribution in [2.45, 2.75) is 24.0 Å². The molecule has 0 unspecified atom stereocenters. The third-order valence-corrected chi connectivity index (χ3v) is 6.78. The summed E-state index contributed by atoms with van der Waals surface area (Å²) in [6.45, 7) is 0.844. The number of rotatable bonds is 8. The average Bonchev–Trinajstić information content (AvgIpc) is 3.25. The van der Waals surface area contributed by atoms with Crippen molar-refractivity contribution in [2.75, 3.05) is 0 Å². The van der Waals surface area contributed by atoms with Crippen LogP contribution in [-0.2, 0) is 18.8 Å². The van der Waals surface area contributed by atoms with E-state index in [4.69, 9.17) is 4.98 Å². The number of hydrogen-bond donors (Lipinski definition) is 1. The maximum atomic E-state index is 14.1. The summed E-state index contributed by atoms with van der Waals surface area (Å²) in [5.74, 6) is -0.292. The molecule has 5 rings (SSSR count). The Balaban J connectivity index is 1.30. The van der Waals surface area contributed by atoms with Gasteiger partial charge in [0.05, 0.1) is 23.8 Å². The van der Waals surface area contributed by atoms with E-state index in [0.717, 1.165) is 27.3 Å². The molecule has 0 aliphatic heterocycles. The first-order chi connectivity index (χ1) is 17.6. The Morgan fingerprint density at radius 1 is 0.917 bits per heavy atom. The van der Waals surface area contributed by atoms with Crippen LogP contribution in [0.25, 0.3) is 11.0 Å². The largest absolute Gasteiger partial charge is 0.348 e. The van der Waals surface area contributed by atoms with Gasteiger partial charge >= 0.3 is 0 Å². The average molecular weight is 501 g/mol. The quantitative estimate of drug-likeness (QED) is 0.266. The molecule has 0 aliphatic carbocycles. The lowest BCUT2D eigenvalue weighted by Gasteiger charge is -2.10. The summed E-state index contributed by atoms with van der Waals surface area (Å²) < 4.78 is 29.2. The van der Waals surface area contributed by atoms with Crippen LogP contribution in [0.3, 0.4) is 0 Å².